The fourth-order valence-corrected chi connectivity index (χ4v) is 3.73. The van der Waals surface area contributed by atoms with Crippen molar-refractivity contribution in [1.82, 2.24) is 0 Å². The van der Waals surface area contributed by atoms with Crippen LogP contribution in [0.2, 0.25) is 0 Å². The lowest BCUT2D eigenvalue weighted by molar-refractivity contribution is 0.468. The minimum Gasteiger partial charge on any atom is -0.0836 e. The van der Waals surface area contributed by atoms with E-state index >= 15 is 0 Å². The Morgan fingerprint density at radius 1 is 1.12 bits per heavy atom. The van der Waals surface area contributed by atoms with Crippen molar-refractivity contribution >= 4 is 0 Å². The zero-order valence-electron chi connectivity index (χ0n) is 11.2. The highest BCUT2D eigenvalue weighted by Crippen LogP contribution is 2.49. The molecule has 3 aliphatic carbocycles. The standard InChI is InChI=1S/C17H22/c1-11(2)17-15-7-5-4-6-13(15)14-9-8-12(3)10-16(14)17/h4,6,8-9,11-12,17H,5,7,10H2,1-3H3. The molecule has 0 heterocycles. The Morgan fingerprint density at radius 2 is 1.88 bits per heavy atom. The fourth-order valence-electron chi connectivity index (χ4n) is 3.73. The SMILES string of the molecule is CC1C=CC2=C(C1)C(C(C)C)C1=C2C=CCC1. The third kappa shape index (κ3) is 1.66. The van der Waals surface area contributed by atoms with E-state index in [2.05, 4.69) is 45.1 Å². The Kier molecular flexibility index (Phi) is 2.61. The van der Waals surface area contributed by atoms with Gasteiger partial charge in [-0.1, -0.05) is 56.2 Å². The van der Waals surface area contributed by atoms with Crippen LogP contribution in [0.5, 0.6) is 0 Å². The van der Waals surface area contributed by atoms with Crippen LogP contribution >= 0.6 is 0 Å². The normalized spacial score (nSPS) is 31.3. The molecule has 0 spiro atoms. The first-order valence-electron chi connectivity index (χ1n) is 6.99. The van der Waals surface area contributed by atoms with E-state index in [9.17, 15) is 0 Å². The van der Waals surface area contributed by atoms with Crippen molar-refractivity contribution in [2.75, 3.05) is 0 Å². The molecule has 17 heavy (non-hydrogen) atoms. The van der Waals surface area contributed by atoms with Crippen molar-refractivity contribution in [1.29, 1.82) is 0 Å². The molecule has 3 aliphatic rings. The average molecular weight is 226 g/mol. The molecule has 0 aromatic rings. The third-order valence-electron chi connectivity index (χ3n) is 4.40. The average Bonchev–Trinajstić information content (AvgIpc) is 2.62. The lowest BCUT2D eigenvalue weighted by Gasteiger charge is -2.26. The summed E-state index contributed by atoms with van der Waals surface area (Å²) in [7, 11) is 0. The van der Waals surface area contributed by atoms with Crippen LogP contribution in [0.15, 0.2) is 46.6 Å². The predicted molar refractivity (Wildman–Crippen MR) is 73.7 cm³/mol. The second-order valence-corrected chi connectivity index (χ2v) is 6.08. The zero-order valence-corrected chi connectivity index (χ0v) is 11.2. The lowest BCUT2D eigenvalue weighted by atomic mass is 9.78. The van der Waals surface area contributed by atoms with E-state index in [-0.39, 0.29) is 0 Å². The number of fused-ring (bicyclic) bond motifs is 1. The number of allylic oxidation sites excluding steroid dienone is 8. The molecule has 0 radical (unpaired) electrons. The van der Waals surface area contributed by atoms with Gasteiger partial charge in [0.05, 0.1) is 0 Å². The van der Waals surface area contributed by atoms with E-state index in [4.69, 9.17) is 0 Å². The van der Waals surface area contributed by atoms with Crippen molar-refractivity contribution in [3.05, 3.63) is 46.6 Å². The maximum absolute atomic E-state index is 2.39. The van der Waals surface area contributed by atoms with Gasteiger partial charge in [-0.05, 0) is 42.2 Å². The number of rotatable bonds is 1. The van der Waals surface area contributed by atoms with Crippen LogP contribution in [0.3, 0.4) is 0 Å². The lowest BCUT2D eigenvalue weighted by Crippen LogP contribution is -2.15. The van der Waals surface area contributed by atoms with Crippen molar-refractivity contribution < 1.29 is 0 Å². The molecular weight excluding hydrogens is 204 g/mol. The van der Waals surface area contributed by atoms with Gasteiger partial charge in [-0.15, -0.1) is 0 Å². The summed E-state index contributed by atoms with van der Waals surface area (Å²) in [6.45, 7) is 7.10. The highest BCUT2D eigenvalue weighted by atomic mass is 14.4. The van der Waals surface area contributed by atoms with Gasteiger partial charge < -0.3 is 0 Å². The van der Waals surface area contributed by atoms with Gasteiger partial charge in [-0.3, -0.25) is 0 Å². The first-order valence-corrected chi connectivity index (χ1v) is 6.99. The smallest absolute Gasteiger partial charge is 0.00487 e. The molecule has 0 heteroatoms. The molecule has 0 saturated heterocycles. The fraction of sp³-hybridized carbons (Fsp3) is 0.529. The van der Waals surface area contributed by atoms with Crippen LogP contribution in [-0.2, 0) is 0 Å². The van der Waals surface area contributed by atoms with Gasteiger partial charge in [0.15, 0.2) is 0 Å². The van der Waals surface area contributed by atoms with Crippen molar-refractivity contribution in [3.63, 3.8) is 0 Å². The molecule has 0 bridgehead atoms. The monoisotopic (exact) mass is 226 g/mol. The number of hydrogen-bond acceptors (Lipinski definition) is 0. The molecule has 0 saturated carbocycles. The summed E-state index contributed by atoms with van der Waals surface area (Å²) in [6, 6.07) is 0. The molecular formula is C17H22. The molecule has 0 aromatic heterocycles. The largest absolute Gasteiger partial charge is 0.0836 e. The van der Waals surface area contributed by atoms with Crippen LogP contribution < -0.4 is 0 Å². The minimum atomic E-state index is 0.723. The summed E-state index contributed by atoms with van der Waals surface area (Å²) in [4.78, 5) is 0. The van der Waals surface area contributed by atoms with Gasteiger partial charge in [0.1, 0.15) is 0 Å². The van der Waals surface area contributed by atoms with Gasteiger partial charge in [-0.2, -0.15) is 0 Å². The Morgan fingerprint density at radius 3 is 2.65 bits per heavy atom. The maximum atomic E-state index is 2.39. The molecule has 0 aromatic carbocycles. The van der Waals surface area contributed by atoms with Crippen molar-refractivity contribution in [2.24, 2.45) is 17.8 Å². The second kappa shape index (κ2) is 4.01. The first-order chi connectivity index (χ1) is 8.18. The number of hydrogen-bond donors (Lipinski definition) is 0. The van der Waals surface area contributed by atoms with Crippen LogP contribution in [0.1, 0.15) is 40.0 Å². The van der Waals surface area contributed by atoms with Gasteiger partial charge in [0, 0.05) is 5.92 Å². The topological polar surface area (TPSA) is 0 Å². The van der Waals surface area contributed by atoms with E-state index in [1.807, 2.05) is 0 Å². The van der Waals surface area contributed by atoms with E-state index < -0.39 is 0 Å². The Hall–Kier alpha value is -1.04. The molecule has 0 nitrogen and oxygen atoms in total. The van der Waals surface area contributed by atoms with E-state index in [0.29, 0.717) is 0 Å². The maximum Gasteiger partial charge on any atom is 0.00487 e. The molecule has 0 fully saturated rings. The van der Waals surface area contributed by atoms with Gasteiger partial charge in [-0.25, -0.2) is 0 Å². The second-order valence-electron chi connectivity index (χ2n) is 6.08. The molecule has 0 N–H and O–H groups in total. The van der Waals surface area contributed by atoms with Crippen LogP contribution in [0.4, 0.5) is 0 Å². The summed E-state index contributed by atoms with van der Waals surface area (Å²) in [6.07, 6.45) is 13.3. The van der Waals surface area contributed by atoms with Crippen LogP contribution in [0.25, 0.3) is 0 Å². The van der Waals surface area contributed by atoms with E-state index in [1.54, 1.807) is 22.3 Å². The molecule has 0 aliphatic heterocycles. The highest BCUT2D eigenvalue weighted by Gasteiger charge is 2.35. The van der Waals surface area contributed by atoms with Gasteiger partial charge >= 0.3 is 0 Å². The van der Waals surface area contributed by atoms with Gasteiger partial charge in [0.25, 0.3) is 0 Å². The molecule has 0 amide bonds. The predicted octanol–water partition coefficient (Wildman–Crippen LogP) is 4.81. The molecule has 2 unspecified atom stereocenters. The first kappa shape index (κ1) is 11.1. The third-order valence-corrected chi connectivity index (χ3v) is 4.40. The summed E-state index contributed by atoms with van der Waals surface area (Å²) < 4.78 is 0. The Labute approximate surface area is 105 Å². The molecule has 90 valence electrons. The Bertz CT molecular complexity index is 454. The van der Waals surface area contributed by atoms with Crippen LogP contribution in [-0.4, -0.2) is 0 Å². The summed E-state index contributed by atoms with van der Waals surface area (Å²) in [5.41, 5.74) is 6.58. The van der Waals surface area contributed by atoms with E-state index in [1.165, 1.54) is 19.3 Å². The van der Waals surface area contributed by atoms with Crippen molar-refractivity contribution in [3.8, 4) is 0 Å². The quantitative estimate of drug-likeness (QED) is 0.602. The zero-order chi connectivity index (χ0) is 12.0. The summed E-state index contributed by atoms with van der Waals surface area (Å²) in [5, 5.41) is 0. The summed E-state index contributed by atoms with van der Waals surface area (Å²) >= 11 is 0. The summed E-state index contributed by atoms with van der Waals surface area (Å²) in [5.74, 6) is 2.20. The minimum absolute atomic E-state index is 0.723. The van der Waals surface area contributed by atoms with Gasteiger partial charge in [0.2, 0.25) is 0 Å². The van der Waals surface area contributed by atoms with Crippen molar-refractivity contribution in [2.45, 2.75) is 40.0 Å². The molecule has 2 atom stereocenters. The highest BCUT2D eigenvalue weighted by molar-refractivity contribution is 5.61. The molecule has 3 rings (SSSR count). The van der Waals surface area contributed by atoms with Crippen LogP contribution in [0, 0.1) is 17.8 Å². The Balaban J connectivity index is 2.08. The van der Waals surface area contributed by atoms with E-state index in [0.717, 1.165) is 17.8 Å².